The molecule has 0 N–H and O–H groups in total. The van der Waals surface area contributed by atoms with Crippen LogP contribution in [0, 0.1) is 0 Å². The third-order valence-corrected chi connectivity index (χ3v) is 9.19. The van der Waals surface area contributed by atoms with Gasteiger partial charge in [0.05, 0.1) is 17.7 Å². The lowest BCUT2D eigenvalue weighted by molar-refractivity contribution is -0.162. The zero-order valence-electron chi connectivity index (χ0n) is 30.7. The molecule has 1 saturated heterocycles. The molecule has 54 heavy (non-hydrogen) atoms. The highest BCUT2D eigenvalue weighted by atomic mass is 16.7. The van der Waals surface area contributed by atoms with Crippen molar-refractivity contribution in [2.45, 2.75) is 71.0 Å². The van der Waals surface area contributed by atoms with Gasteiger partial charge in [0.1, 0.15) is 23.0 Å². The molecule has 9 heteroatoms. The van der Waals surface area contributed by atoms with Crippen LogP contribution in [0.4, 0.5) is 0 Å². The molecule has 5 aromatic carbocycles. The van der Waals surface area contributed by atoms with Crippen molar-refractivity contribution in [1.82, 2.24) is 0 Å². The lowest BCUT2D eigenvalue weighted by Crippen LogP contribution is -2.22. The van der Waals surface area contributed by atoms with E-state index in [1.54, 1.807) is 60.7 Å². The highest BCUT2D eigenvalue weighted by molar-refractivity contribution is 5.98. The van der Waals surface area contributed by atoms with E-state index in [4.69, 9.17) is 28.4 Å². The fraction of sp³-hybridized carbons (Fsp3) is 0.311. The van der Waals surface area contributed by atoms with E-state index in [9.17, 15) is 14.4 Å². The Morgan fingerprint density at radius 2 is 1.30 bits per heavy atom. The monoisotopic (exact) mass is 730 g/mol. The maximum atomic E-state index is 13.2. The second-order valence-electron chi connectivity index (χ2n) is 13.3. The number of unbranched alkanes of at least 4 members (excludes halogenated alkanes) is 3. The van der Waals surface area contributed by atoms with E-state index in [2.05, 4.69) is 6.58 Å². The van der Waals surface area contributed by atoms with Crippen molar-refractivity contribution in [2.75, 3.05) is 19.8 Å². The number of carbonyl (C=O) groups is 3. The van der Waals surface area contributed by atoms with Gasteiger partial charge in [-0.2, -0.15) is 0 Å². The van der Waals surface area contributed by atoms with Crippen molar-refractivity contribution < 1.29 is 42.8 Å². The molecule has 1 aliphatic rings. The van der Waals surface area contributed by atoms with Crippen molar-refractivity contribution in [2.24, 2.45) is 0 Å². The van der Waals surface area contributed by atoms with Crippen molar-refractivity contribution in [1.29, 1.82) is 0 Å². The molecule has 1 atom stereocenters. The molecule has 1 heterocycles. The number of aryl methyl sites for hydroxylation is 1. The lowest BCUT2D eigenvalue weighted by Gasteiger charge is -2.22. The number of rotatable bonds is 17. The first-order valence-corrected chi connectivity index (χ1v) is 18.7. The number of benzene rings is 5. The van der Waals surface area contributed by atoms with Gasteiger partial charge in [0.25, 0.3) is 0 Å². The fourth-order valence-electron chi connectivity index (χ4n) is 6.33. The second kappa shape index (κ2) is 19.0. The van der Waals surface area contributed by atoms with Crippen LogP contribution in [0.1, 0.15) is 84.6 Å². The van der Waals surface area contributed by atoms with Gasteiger partial charge < -0.3 is 28.4 Å². The minimum absolute atomic E-state index is 0.0190. The van der Waals surface area contributed by atoms with Crippen LogP contribution in [0.5, 0.6) is 23.0 Å². The van der Waals surface area contributed by atoms with Crippen LogP contribution >= 0.6 is 0 Å². The summed E-state index contributed by atoms with van der Waals surface area (Å²) in [5, 5.41) is 3.44. The van der Waals surface area contributed by atoms with Gasteiger partial charge in [-0.3, -0.25) is 0 Å². The lowest BCUT2D eigenvalue weighted by atomic mass is 10.1. The summed E-state index contributed by atoms with van der Waals surface area (Å²) in [5.41, 5.74) is 1.53. The van der Waals surface area contributed by atoms with Crippen molar-refractivity contribution in [3.8, 4) is 23.0 Å². The maximum absolute atomic E-state index is 13.2. The minimum Gasteiger partial charge on any atom is -0.494 e. The Morgan fingerprint density at radius 3 is 1.98 bits per heavy atom. The topological polar surface area (TPSA) is 107 Å². The molecule has 280 valence electrons. The molecule has 0 aliphatic carbocycles. The zero-order valence-corrected chi connectivity index (χ0v) is 30.7. The largest absolute Gasteiger partial charge is 0.494 e. The Kier molecular flexibility index (Phi) is 13.5. The van der Waals surface area contributed by atoms with Crippen LogP contribution in [-0.2, 0) is 20.7 Å². The summed E-state index contributed by atoms with van der Waals surface area (Å²) in [4.78, 5) is 37.9. The molecular formula is C45H46O9. The SMILES string of the molecule is C=CC(=O)Oc1ccc2cc(C(=O)Oc3ccc(OC(=O)c4ccc5cc(OCCCCCCOC6CCCCO6)ccc5c4)cc3CCC)ccc2c1. The van der Waals surface area contributed by atoms with Gasteiger partial charge in [-0.25, -0.2) is 14.4 Å². The Labute approximate surface area is 315 Å². The molecule has 0 spiro atoms. The standard InChI is InChI=1S/C45H46O9/c1-3-11-35-30-40(21-22-41(35)54-45(48)37-16-14-34-29-39(52-42(46)4-2)20-18-32(34)27-37)53-44(47)36-15-13-33-28-38(19-17-31(33)26-36)49-23-8-5-6-9-24-50-43-12-7-10-25-51-43/h4,13-22,26-30,43H,2-3,5-12,23-25H2,1H3. The normalized spacial score (nSPS) is 14.1. The predicted octanol–water partition coefficient (Wildman–Crippen LogP) is 9.96. The first-order chi connectivity index (χ1) is 26.4. The predicted molar refractivity (Wildman–Crippen MR) is 208 cm³/mol. The molecule has 0 saturated carbocycles. The van der Waals surface area contributed by atoms with E-state index < -0.39 is 17.9 Å². The number of hydrogen-bond donors (Lipinski definition) is 0. The number of hydrogen-bond acceptors (Lipinski definition) is 9. The van der Waals surface area contributed by atoms with Gasteiger partial charge in [-0.05, 0) is 139 Å². The smallest absolute Gasteiger partial charge is 0.343 e. The van der Waals surface area contributed by atoms with Crippen LogP contribution in [0.15, 0.2) is 104 Å². The van der Waals surface area contributed by atoms with Crippen molar-refractivity contribution >= 4 is 39.5 Å². The first kappa shape index (κ1) is 38.2. The van der Waals surface area contributed by atoms with Crippen LogP contribution in [0.25, 0.3) is 21.5 Å². The Morgan fingerprint density at radius 1 is 0.685 bits per heavy atom. The molecule has 0 amide bonds. The summed E-state index contributed by atoms with van der Waals surface area (Å²) in [6, 6.07) is 26.6. The molecular weight excluding hydrogens is 684 g/mol. The van der Waals surface area contributed by atoms with E-state index >= 15 is 0 Å². The summed E-state index contributed by atoms with van der Waals surface area (Å²) >= 11 is 0. The fourth-order valence-corrected chi connectivity index (χ4v) is 6.33. The van der Waals surface area contributed by atoms with E-state index in [-0.39, 0.29) is 6.29 Å². The highest BCUT2D eigenvalue weighted by Crippen LogP contribution is 2.29. The van der Waals surface area contributed by atoms with E-state index in [1.165, 1.54) is 6.42 Å². The summed E-state index contributed by atoms with van der Waals surface area (Å²) in [6.07, 6.45) is 9.96. The van der Waals surface area contributed by atoms with Gasteiger partial charge >= 0.3 is 17.9 Å². The number of fused-ring (bicyclic) bond motifs is 2. The summed E-state index contributed by atoms with van der Waals surface area (Å²) in [6.45, 7) is 7.62. The van der Waals surface area contributed by atoms with Gasteiger partial charge in [-0.1, -0.05) is 50.6 Å². The van der Waals surface area contributed by atoms with Gasteiger partial charge in [-0.15, -0.1) is 0 Å². The second-order valence-corrected chi connectivity index (χ2v) is 13.3. The van der Waals surface area contributed by atoms with Gasteiger partial charge in [0.15, 0.2) is 6.29 Å². The molecule has 0 aromatic heterocycles. The molecule has 1 unspecified atom stereocenters. The van der Waals surface area contributed by atoms with Crippen molar-refractivity contribution in [3.63, 3.8) is 0 Å². The molecule has 0 bridgehead atoms. The summed E-state index contributed by atoms with van der Waals surface area (Å²) in [5.74, 6) is 0.374. The maximum Gasteiger partial charge on any atom is 0.343 e. The third kappa shape index (κ3) is 10.6. The van der Waals surface area contributed by atoms with E-state index in [1.807, 2.05) is 37.3 Å². The van der Waals surface area contributed by atoms with Gasteiger partial charge in [0, 0.05) is 19.3 Å². The Bertz CT molecular complexity index is 2100. The Hall–Kier alpha value is -5.51. The molecule has 9 nitrogen and oxygen atoms in total. The third-order valence-electron chi connectivity index (χ3n) is 9.19. The summed E-state index contributed by atoms with van der Waals surface area (Å²) < 4.78 is 34.2. The van der Waals surface area contributed by atoms with E-state index in [0.29, 0.717) is 41.4 Å². The number of esters is 3. The number of ether oxygens (including phenoxy) is 6. The van der Waals surface area contributed by atoms with Crippen LogP contribution in [0.2, 0.25) is 0 Å². The summed E-state index contributed by atoms with van der Waals surface area (Å²) in [7, 11) is 0. The van der Waals surface area contributed by atoms with Gasteiger partial charge in [0.2, 0.25) is 0 Å². The first-order valence-electron chi connectivity index (χ1n) is 18.7. The van der Waals surface area contributed by atoms with Crippen LogP contribution in [-0.4, -0.2) is 44.0 Å². The minimum atomic E-state index is -0.549. The Balaban J connectivity index is 1.00. The van der Waals surface area contributed by atoms with E-state index in [0.717, 1.165) is 97.1 Å². The molecule has 0 radical (unpaired) electrons. The molecule has 6 rings (SSSR count). The van der Waals surface area contributed by atoms with Crippen LogP contribution in [0.3, 0.4) is 0 Å². The molecule has 1 aliphatic heterocycles. The molecule has 1 fully saturated rings. The average molecular weight is 731 g/mol. The number of carbonyl (C=O) groups excluding carboxylic acids is 3. The quantitative estimate of drug-likeness (QED) is 0.0400. The average Bonchev–Trinajstić information content (AvgIpc) is 3.19. The highest BCUT2D eigenvalue weighted by Gasteiger charge is 2.17. The molecule has 5 aromatic rings. The van der Waals surface area contributed by atoms with Crippen molar-refractivity contribution in [3.05, 3.63) is 120 Å². The zero-order chi connectivity index (χ0) is 37.7. The van der Waals surface area contributed by atoms with Crippen LogP contribution < -0.4 is 18.9 Å².